The van der Waals surface area contributed by atoms with Crippen LogP contribution in [0, 0.1) is 23.7 Å². The number of rotatable bonds is 43. The molecule has 0 aliphatic heterocycles. The topological polar surface area (TPSA) is 71.1 Å². The second-order valence-electron chi connectivity index (χ2n) is 34.7. The highest BCUT2D eigenvalue weighted by Crippen LogP contribution is 2.49. The van der Waals surface area contributed by atoms with E-state index < -0.39 is 0 Å². The number of unbranched alkanes of at least 4 members (excludes halogenated alkanes) is 16. The van der Waals surface area contributed by atoms with Crippen LogP contribution in [0.3, 0.4) is 0 Å². The predicted octanol–water partition coefficient (Wildman–Crippen LogP) is 31.1. The van der Waals surface area contributed by atoms with Gasteiger partial charge in [-0.25, -0.2) is 0 Å². The lowest BCUT2D eigenvalue weighted by molar-refractivity contribution is -0.135. The zero-order chi connectivity index (χ0) is 75.9. The lowest BCUT2D eigenvalue weighted by atomic mass is 9.77. The Morgan fingerprint density at radius 3 is 0.836 bits per heavy atom. The smallest absolute Gasteiger partial charge is 0.311 e. The van der Waals surface area contributed by atoms with Crippen molar-refractivity contribution in [3.05, 3.63) is 180 Å². The molecule has 0 heterocycles. The number of fused-ring (bicyclic) bond motifs is 2. The van der Waals surface area contributed by atoms with Crippen LogP contribution in [-0.4, -0.2) is 25.2 Å². The minimum atomic E-state index is -0.237. The van der Waals surface area contributed by atoms with E-state index in [-0.39, 0.29) is 11.9 Å². The maximum atomic E-state index is 14.4. The van der Waals surface area contributed by atoms with Gasteiger partial charge in [-0.05, 0) is 290 Å². The van der Waals surface area contributed by atoms with Crippen molar-refractivity contribution < 1.29 is 28.5 Å². The molecule has 0 saturated heterocycles. The van der Waals surface area contributed by atoms with Crippen LogP contribution in [0.5, 0.6) is 23.0 Å². The first-order valence-corrected chi connectivity index (χ1v) is 45.4. The van der Waals surface area contributed by atoms with Gasteiger partial charge in [-0.3, -0.25) is 9.59 Å². The minimum absolute atomic E-state index is 0.237. The van der Waals surface area contributed by atoms with Crippen molar-refractivity contribution in [2.45, 2.75) is 334 Å². The molecule has 110 heavy (non-hydrogen) atoms. The summed E-state index contributed by atoms with van der Waals surface area (Å²) in [5.41, 5.74) is 12.1. The molecule has 0 amide bonds. The van der Waals surface area contributed by atoms with Crippen molar-refractivity contribution >= 4 is 33.5 Å². The minimum Gasteiger partial charge on any atom is -0.494 e. The van der Waals surface area contributed by atoms with Crippen LogP contribution >= 0.6 is 0 Å². The normalized spacial score (nSPS) is 20.2. The van der Waals surface area contributed by atoms with Gasteiger partial charge in [0.15, 0.2) is 0 Å². The Morgan fingerprint density at radius 2 is 0.545 bits per heavy atom. The molecule has 6 nitrogen and oxygen atoms in total. The van der Waals surface area contributed by atoms with E-state index in [2.05, 4.69) is 173 Å². The van der Waals surface area contributed by atoms with Gasteiger partial charge in [0, 0.05) is 24.0 Å². The van der Waals surface area contributed by atoms with Crippen LogP contribution in [-0.2, 0) is 9.59 Å². The number of ether oxygens (including phenoxy) is 4. The molecule has 0 N–H and O–H groups in total. The first-order valence-electron chi connectivity index (χ1n) is 45.4. The average Bonchev–Trinajstić information content (AvgIpc) is 0.743. The Balaban J connectivity index is 0.681. The van der Waals surface area contributed by atoms with Crippen LogP contribution < -0.4 is 18.9 Å². The molecule has 0 radical (unpaired) electrons. The summed E-state index contributed by atoms with van der Waals surface area (Å²) in [5.74, 6) is 8.81. The Bertz CT molecular complexity index is 3740. The number of carbonyl (C=O) groups excluding carboxylic acids is 2. The molecule has 590 valence electrons. The molecule has 0 unspecified atom stereocenters. The molecule has 6 heteroatoms. The second kappa shape index (κ2) is 44.3. The van der Waals surface area contributed by atoms with Crippen molar-refractivity contribution in [2.75, 3.05) is 13.2 Å². The van der Waals surface area contributed by atoms with Crippen molar-refractivity contribution in [1.29, 1.82) is 0 Å². The monoisotopic (exact) mass is 1480 g/mol. The highest BCUT2D eigenvalue weighted by molar-refractivity contribution is 6.11. The van der Waals surface area contributed by atoms with Crippen molar-refractivity contribution in [1.82, 2.24) is 0 Å². The van der Waals surface area contributed by atoms with Gasteiger partial charge in [0.25, 0.3) is 0 Å². The summed E-state index contributed by atoms with van der Waals surface area (Å²) in [6.45, 7) is 10.8. The number of hydrogen-bond donors (Lipinski definition) is 0. The molecule has 12 rings (SSSR count). The van der Waals surface area contributed by atoms with E-state index in [0.29, 0.717) is 48.0 Å². The maximum absolute atomic E-state index is 14.4. The first-order chi connectivity index (χ1) is 54.2. The number of carbonyl (C=O) groups is 2. The Kier molecular flexibility index (Phi) is 33.1. The largest absolute Gasteiger partial charge is 0.494 e. The van der Waals surface area contributed by atoms with E-state index in [9.17, 15) is 9.59 Å². The van der Waals surface area contributed by atoms with Gasteiger partial charge < -0.3 is 18.9 Å². The third kappa shape index (κ3) is 24.4. The Hall–Kier alpha value is -7.18. The number of hydrogen-bond acceptors (Lipinski definition) is 6. The SMILES string of the molecule is CCCC1CCC(c2ccc(OCCCCCCCCCCCC(=O)Oc3ccc4cc(-c5ccc(C6CCC(CCC)CC6)cc5)ccc4c3-c3c(OC(=O)CCCCCCCCCCCOc4ccc(C5CCC(CCC)CC5)cc4)ccc4cc(-c5ccc(C6CCC(CCC)CC6)cc5)ccc34)cc2)CC1. The molecular formula is C104H138O6. The quantitative estimate of drug-likeness (QED) is 0.0215. The number of benzene rings is 8. The fourth-order valence-corrected chi connectivity index (χ4v) is 19.9. The number of esters is 2. The molecular weight excluding hydrogens is 1350 g/mol. The Morgan fingerprint density at radius 1 is 0.282 bits per heavy atom. The van der Waals surface area contributed by atoms with E-state index >= 15 is 0 Å². The van der Waals surface area contributed by atoms with Crippen molar-refractivity contribution in [3.63, 3.8) is 0 Å². The van der Waals surface area contributed by atoms with Crippen LogP contribution in [0.25, 0.3) is 54.9 Å². The molecule has 0 spiro atoms. The fraction of sp³-hybridized carbons (Fsp3) is 0.558. The zero-order valence-electron chi connectivity index (χ0n) is 68.6. The van der Waals surface area contributed by atoms with Crippen LogP contribution in [0.1, 0.15) is 356 Å². The summed E-state index contributed by atoms with van der Waals surface area (Å²) >= 11 is 0. The molecule has 4 aliphatic rings. The summed E-state index contributed by atoms with van der Waals surface area (Å²) in [6.07, 6.45) is 52.5. The molecule has 8 aromatic carbocycles. The molecule has 0 atom stereocenters. The lowest BCUT2D eigenvalue weighted by Crippen LogP contribution is -2.13. The maximum Gasteiger partial charge on any atom is 0.311 e. The summed E-state index contributed by atoms with van der Waals surface area (Å²) in [6, 6.07) is 58.4. The van der Waals surface area contributed by atoms with Crippen molar-refractivity contribution in [3.8, 4) is 56.4 Å². The van der Waals surface area contributed by atoms with Gasteiger partial charge in [-0.1, -0.05) is 278 Å². The van der Waals surface area contributed by atoms with E-state index in [4.69, 9.17) is 18.9 Å². The first kappa shape index (κ1) is 82.3. The molecule has 0 aromatic heterocycles. The molecule has 4 fully saturated rings. The van der Waals surface area contributed by atoms with Crippen LogP contribution in [0.2, 0.25) is 0 Å². The van der Waals surface area contributed by atoms with Gasteiger partial charge in [0.05, 0.1) is 13.2 Å². The van der Waals surface area contributed by atoms with Gasteiger partial charge >= 0.3 is 11.9 Å². The highest BCUT2D eigenvalue weighted by Gasteiger charge is 2.28. The third-order valence-corrected chi connectivity index (χ3v) is 26.6. The fourth-order valence-electron chi connectivity index (χ4n) is 19.9. The lowest BCUT2D eigenvalue weighted by Gasteiger charge is -2.28. The molecule has 0 bridgehead atoms. The van der Waals surface area contributed by atoms with Gasteiger partial charge in [0.1, 0.15) is 23.0 Å². The average molecular weight is 1480 g/mol. The van der Waals surface area contributed by atoms with Gasteiger partial charge in [-0.15, -0.1) is 0 Å². The molecule has 4 saturated carbocycles. The Labute approximate surface area is 665 Å². The van der Waals surface area contributed by atoms with Crippen LogP contribution in [0.4, 0.5) is 0 Å². The summed E-state index contributed by atoms with van der Waals surface area (Å²) in [7, 11) is 0. The van der Waals surface area contributed by atoms with E-state index in [1.54, 1.807) is 0 Å². The second-order valence-corrected chi connectivity index (χ2v) is 34.7. The highest BCUT2D eigenvalue weighted by atomic mass is 16.5. The van der Waals surface area contributed by atoms with E-state index in [1.807, 2.05) is 12.1 Å². The van der Waals surface area contributed by atoms with Gasteiger partial charge in [0.2, 0.25) is 0 Å². The van der Waals surface area contributed by atoms with Crippen LogP contribution in [0.15, 0.2) is 158 Å². The van der Waals surface area contributed by atoms with E-state index in [0.717, 1.165) is 144 Å². The third-order valence-electron chi connectivity index (χ3n) is 26.6. The summed E-state index contributed by atoms with van der Waals surface area (Å²) in [5, 5.41) is 3.96. The summed E-state index contributed by atoms with van der Waals surface area (Å²) in [4.78, 5) is 28.8. The van der Waals surface area contributed by atoms with E-state index in [1.165, 1.54) is 252 Å². The molecule has 8 aromatic rings. The van der Waals surface area contributed by atoms with Crippen molar-refractivity contribution in [2.24, 2.45) is 23.7 Å². The standard InChI is InChI=1S/C104H138O6/c1-5-27-77-33-41-81(42-34-77)85-49-53-89(54-50-85)91-61-69-97-93(75-91)63-71-99(109-101(105)31-23-19-15-11-9-13-17-21-25-73-107-95-65-57-87(58-66-95)83-45-37-79(29-7-3)38-46-83)103(97)104-98-70-62-92(90-55-51-86(52-56-90)82-43-35-78(28-6-2)36-44-82)76-94(98)64-72-100(104)110-102(106)32-24-20-16-12-10-14-18-22-26-74-108-96-67-59-88(60-68-96)84-47-39-80(30-8-4)40-48-84/h49-72,75-84H,5-48,73-74H2,1-4H3. The zero-order valence-corrected chi connectivity index (χ0v) is 68.6. The van der Waals surface area contributed by atoms with Gasteiger partial charge in [-0.2, -0.15) is 0 Å². The summed E-state index contributed by atoms with van der Waals surface area (Å²) < 4.78 is 25.7. The molecule has 4 aliphatic carbocycles. The predicted molar refractivity (Wildman–Crippen MR) is 464 cm³/mol.